The number of anilines is 1. The molecule has 0 spiro atoms. The summed E-state index contributed by atoms with van der Waals surface area (Å²) in [5.74, 6) is 0. The molecule has 0 aliphatic carbocycles. The summed E-state index contributed by atoms with van der Waals surface area (Å²) in [6, 6.07) is 11.1. The molecular formula is C17H14N2O6S2. The molecule has 1 aliphatic heterocycles. The summed E-state index contributed by atoms with van der Waals surface area (Å²) in [6.07, 6.45) is 0.375. The zero-order valence-electron chi connectivity index (χ0n) is 13.8. The lowest BCUT2D eigenvalue weighted by molar-refractivity contribution is 0.560. The van der Waals surface area contributed by atoms with E-state index in [-0.39, 0.29) is 16.3 Å². The summed E-state index contributed by atoms with van der Waals surface area (Å²) in [7, 11) is -7.73. The quantitative estimate of drug-likeness (QED) is 0.651. The van der Waals surface area contributed by atoms with E-state index in [0.29, 0.717) is 28.6 Å². The Morgan fingerprint density at radius 3 is 2.41 bits per heavy atom. The Kier molecular flexibility index (Phi) is 3.88. The van der Waals surface area contributed by atoms with Crippen molar-refractivity contribution in [2.45, 2.75) is 16.2 Å². The third kappa shape index (κ3) is 3.01. The Labute approximate surface area is 154 Å². The molecule has 2 aromatic carbocycles. The molecule has 2 N–H and O–H groups in total. The summed E-state index contributed by atoms with van der Waals surface area (Å²) in [5, 5.41) is 5.62. The minimum atomic E-state index is -3.87. The molecule has 1 aromatic heterocycles. The van der Waals surface area contributed by atoms with Gasteiger partial charge in [-0.1, -0.05) is 0 Å². The lowest BCUT2D eigenvalue weighted by Crippen LogP contribution is -2.29. The van der Waals surface area contributed by atoms with Crippen molar-refractivity contribution in [1.82, 2.24) is 0 Å². The third-order valence-corrected chi connectivity index (χ3v) is 7.13. The predicted octanol–water partition coefficient (Wildman–Crippen LogP) is 1.19. The fourth-order valence-electron chi connectivity index (χ4n) is 3.11. The van der Waals surface area contributed by atoms with Gasteiger partial charge in [0.25, 0.3) is 10.0 Å². The van der Waals surface area contributed by atoms with Crippen LogP contribution in [-0.4, -0.2) is 23.4 Å². The maximum absolute atomic E-state index is 13.1. The predicted molar refractivity (Wildman–Crippen MR) is 98.5 cm³/mol. The number of hydrogen-bond acceptors (Lipinski definition) is 6. The van der Waals surface area contributed by atoms with Crippen molar-refractivity contribution < 1.29 is 21.3 Å². The van der Waals surface area contributed by atoms with Gasteiger partial charge in [0.1, 0.15) is 5.58 Å². The van der Waals surface area contributed by atoms with Crippen molar-refractivity contribution in [2.75, 3.05) is 10.8 Å². The Hall–Kier alpha value is -2.69. The highest BCUT2D eigenvalue weighted by molar-refractivity contribution is 7.92. The van der Waals surface area contributed by atoms with Gasteiger partial charge in [0, 0.05) is 18.0 Å². The average molecular weight is 406 g/mol. The number of benzene rings is 2. The zero-order chi connectivity index (χ0) is 19.4. The van der Waals surface area contributed by atoms with Crippen LogP contribution >= 0.6 is 0 Å². The van der Waals surface area contributed by atoms with Gasteiger partial charge in [-0.3, -0.25) is 4.31 Å². The highest BCUT2D eigenvalue weighted by Gasteiger charge is 2.31. The van der Waals surface area contributed by atoms with Crippen molar-refractivity contribution in [2.24, 2.45) is 5.14 Å². The molecule has 1 aliphatic rings. The topological polar surface area (TPSA) is 128 Å². The molecule has 3 aromatic rings. The second-order valence-electron chi connectivity index (χ2n) is 6.12. The maximum Gasteiger partial charge on any atom is 0.336 e. The van der Waals surface area contributed by atoms with Gasteiger partial charge in [-0.2, -0.15) is 0 Å². The molecule has 0 radical (unpaired) electrons. The van der Waals surface area contributed by atoms with Crippen molar-refractivity contribution in [3.63, 3.8) is 0 Å². The van der Waals surface area contributed by atoms with E-state index in [4.69, 9.17) is 9.56 Å². The van der Waals surface area contributed by atoms with Gasteiger partial charge in [-0.25, -0.2) is 26.8 Å². The van der Waals surface area contributed by atoms with Gasteiger partial charge in [-0.15, -0.1) is 0 Å². The van der Waals surface area contributed by atoms with Crippen molar-refractivity contribution in [1.29, 1.82) is 0 Å². The van der Waals surface area contributed by atoms with E-state index in [2.05, 4.69) is 0 Å². The molecule has 0 saturated heterocycles. The van der Waals surface area contributed by atoms with Gasteiger partial charge in [0.05, 0.1) is 15.5 Å². The summed E-state index contributed by atoms with van der Waals surface area (Å²) >= 11 is 0. The number of hydrogen-bond donors (Lipinski definition) is 1. The van der Waals surface area contributed by atoms with E-state index in [0.717, 1.165) is 0 Å². The van der Waals surface area contributed by atoms with Gasteiger partial charge in [0.15, 0.2) is 0 Å². The fourth-order valence-corrected chi connectivity index (χ4v) is 5.22. The van der Waals surface area contributed by atoms with Crippen LogP contribution in [-0.2, 0) is 26.5 Å². The van der Waals surface area contributed by atoms with Crippen LogP contribution in [0.5, 0.6) is 0 Å². The largest absolute Gasteiger partial charge is 0.423 e. The minimum absolute atomic E-state index is 0.0484. The molecule has 0 unspecified atom stereocenters. The van der Waals surface area contributed by atoms with Crippen LogP contribution in [0.25, 0.3) is 11.0 Å². The van der Waals surface area contributed by atoms with Crippen LogP contribution in [0.4, 0.5) is 5.69 Å². The monoisotopic (exact) mass is 406 g/mol. The third-order valence-electron chi connectivity index (χ3n) is 4.41. The number of rotatable bonds is 3. The summed E-state index contributed by atoms with van der Waals surface area (Å²) < 4.78 is 55.4. The van der Waals surface area contributed by atoms with Crippen LogP contribution in [0.15, 0.2) is 67.5 Å². The summed E-state index contributed by atoms with van der Waals surface area (Å²) in [4.78, 5) is 11.3. The molecule has 0 bridgehead atoms. The second-order valence-corrected chi connectivity index (χ2v) is 9.54. The SMILES string of the molecule is NS(=O)(=O)c1ccc2c(c1)CCN2S(=O)(=O)c1ccc2oc(=O)ccc2c1. The van der Waals surface area contributed by atoms with Crippen molar-refractivity contribution >= 4 is 36.7 Å². The molecule has 140 valence electrons. The number of primary sulfonamides is 1. The van der Waals surface area contributed by atoms with Crippen LogP contribution in [0.2, 0.25) is 0 Å². The molecule has 27 heavy (non-hydrogen) atoms. The number of fused-ring (bicyclic) bond motifs is 2. The molecule has 0 fully saturated rings. The maximum atomic E-state index is 13.1. The van der Waals surface area contributed by atoms with E-state index in [1.165, 1.54) is 52.8 Å². The first-order valence-electron chi connectivity index (χ1n) is 7.89. The number of sulfonamides is 2. The van der Waals surface area contributed by atoms with E-state index >= 15 is 0 Å². The summed E-state index contributed by atoms with van der Waals surface area (Å²) in [5.41, 5.74) is 0.789. The van der Waals surface area contributed by atoms with Crippen molar-refractivity contribution in [3.8, 4) is 0 Å². The Morgan fingerprint density at radius 1 is 0.926 bits per heavy atom. The highest BCUT2D eigenvalue weighted by Crippen LogP contribution is 2.34. The molecule has 0 amide bonds. The van der Waals surface area contributed by atoms with Crippen LogP contribution in [0.1, 0.15) is 5.56 Å². The van der Waals surface area contributed by atoms with Gasteiger partial charge >= 0.3 is 5.63 Å². The number of nitrogens with two attached hydrogens (primary N) is 1. The van der Waals surface area contributed by atoms with Gasteiger partial charge < -0.3 is 4.42 Å². The number of nitrogens with zero attached hydrogens (tertiary/aromatic N) is 1. The van der Waals surface area contributed by atoms with E-state index in [9.17, 15) is 21.6 Å². The van der Waals surface area contributed by atoms with E-state index in [1.54, 1.807) is 0 Å². The second kappa shape index (κ2) is 5.91. The molecule has 8 nitrogen and oxygen atoms in total. The van der Waals surface area contributed by atoms with Crippen molar-refractivity contribution in [3.05, 3.63) is 64.5 Å². The van der Waals surface area contributed by atoms with Crippen LogP contribution < -0.4 is 15.1 Å². The zero-order valence-corrected chi connectivity index (χ0v) is 15.5. The standard InChI is InChI=1S/C17H14N2O6S2/c18-26(21,22)13-2-4-15-11(9-13)7-8-19(15)27(23,24)14-3-5-16-12(10-14)1-6-17(20)25-16/h1-6,9-10H,7-8H2,(H2,18,21,22). The summed E-state index contributed by atoms with van der Waals surface area (Å²) in [6.45, 7) is 0.188. The van der Waals surface area contributed by atoms with Crippen LogP contribution in [0, 0.1) is 0 Å². The lowest BCUT2D eigenvalue weighted by Gasteiger charge is -2.20. The molecular weight excluding hydrogens is 392 g/mol. The first-order chi connectivity index (χ1) is 12.7. The van der Waals surface area contributed by atoms with E-state index < -0.39 is 25.7 Å². The molecule has 2 heterocycles. The molecule has 10 heteroatoms. The fraction of sp³-hybridized carbons (Fsp3) is 0.118. The Bertz CT molecular complexity index is 1340. The molecule has 4 rings (SSSR count). The first-order valence-corrected chi connectivity index (χ1v) is 10.9. The normalized spacial score (nSPS) is 14.5. The first kappa shape index (κ1) is 17.7. The molecule has 0 saturated carbocycles. The lowest BCUT2D eigenvalue weighted by atomic mass is 10.2. The van der Waals surface area contributed by atoms with Gasteiger partial charge in [0.2, 0.25) is 10.0 Å². The Balaban J connectivity index is 1.78. The molecule has 0 atom stereocenters. The van der Waals surface area contributed by atoms with Crippen LogP contribution in [0.3, 0.4) is 0 Å². The van der Waals surface area contributed by atoms with Gasteiger partial charge in [-0.05, 0) is 54.4 Å². The Morgan fingerprint density at radius 2 is 1.67 bits per heavy atom. The smallest absolute Gasteiger partial charge is 0.336 e. The highest BCUT2D eigenvalue weighted by atomic mass is 32.2. The van der Waals surface area contributed by atoms with E-state index in [1.807, 2.05) is 0 Å². The minimum Gasteiger partial charge on any atom is -0.423 e. The average Bonchev–Trinajstić information content (AvgIpc) is 3.04.